The van der Waals surface area contributed by atoms with E-state index in [0.717, 1.165) is 33.8 Å². The maximum atomic E-state index is 6.15. The van der Waals surface area contributed by atoms with Crippen LogP contribution < -0.4 is 28.4 Å². The largest absolute Gasteiger partial charge is 0.487 e. The van der Waals surface area contributed by atoms with Gasteiger partial charge in [-0.25, -0.2) is 0 Å². The van der Waals surface area contributed by atoms with E-state index < -0.39 is 0 Å². The van der Waals surface area contributed by atoms with Crippen molar-refractivity contribution in [3.8, 4) is 56.8 Å². The Morgan fingerprint density at radius 3 is 1.19 bits per heavy atom. The van der Waals surface area contributed by atoms with Crippen LogP contribution in [-0.4, -0.2) is 66.4 Å². The molecule has 3 aromatic carbocycles. The van der Waals surface area contributed by atoms with Crippen LogP contribution in [0.2, 0.25) is 0 Å². The van der Waals surface area contributed by atoms with Gasteiger partial charge in [-0.15, -0.1) is 0 Å². The molecule has 0 aliphatic carbocycles. The fraction of sp³-hybridized carbons (Fsp3) is 0.357. The van der Waals surface area contributed by atoms with Crippen molar-refractivity contribution in [3.63, 3.8) is 0 Å². The zero-order chi connectivity index (χ0) is 24.9. The maximum absolute atomic E-state index is 6.15. The first-order valence-corrected chi connectivity index (χ1v) is 12.3. The molecule has 0 atom stereocenters. The molecule has 194 valence electrons. The Bertz CT molecular complexity index is 1150. The third kappa shape index (κ3) is 5.39. The molecule has 9 heteroatoms. The second kappa shape index (κ2) is 11.2. The average Bonchev–Trinajstić information content (AvgIpc) is 3.59. The highest BCUT2D eigenvalue weighted by atomic mass is 16.7. The van der Waals surface area contributed by atoms with Crippen molar-refractivity contribution in [1.29, 1.82) is 0 Å². The van der Waals surface area contributed by atoms with Crippen molar-refractivity contribution in [2.45, 2.75) is 0 Å². The Morgan fingerprint density at radius 1 is 0.351 bits per heavy atom. The van der Waals surface area contributed by atoms with Crippen LogP contribution in [0.4, 0.5) is 0 Å². The highest BCUT2D eigenvalue weighted by Gasteiger charge is 2.21. The van der Waals surface area contributed by atoms with Gasteiger partial charge in [0.05, 0.1) is 39.6 Å². The van der Waals surface area contributed by atoms with Gasteiger partial charge in [0, 0.05) is 0 Å². The van der Waals surface area contributed by atoms with Crippen LogP contribution in [0.15, 0.2) is 48.5 Å². The summed E-state index contributed by atoms with van der Waals surface area (Å²) in [5, 5.41) is 0. The summed E-state index contributed by atoms with van der Waals surface area (Å²) in [6.45, 7) is 4.06. The lowest BCUT2D eigenvalue weighted by Gasteiger charge is -2.19. The van der Waals surface area contributed by atoms with Crippen LogP contribution >= 0.6 is 0 Å². The summed E-state index contributed by atoms with van der Waals surface area (Å²) >= 11 is 0. The molecular weight excluding hydrogens is 480 g/mol. The van der Waals surface area contributed by atoms with Crippen LogP contribution in [0.3, 0.4) is 0 Å². The van der Waals surface area contributed by atoms with E-state index in [9.17, 15) is 0 Å². The van der Waals surface area contributed by atoms with E-state index in [1.54, 1.807) is 0 Å². The third-order valence-electron chi connectivity index (χ3n) is 6.17. The summed E-state index contributed by atoms with van der Waals surface area (Å²) in [5.41, 5.74) is 3.80. The van der Waals surface area contributed by atoms with Crippen LogP contribution in [-0.2, 0) is 14.2 Å². The number of rotatable bonds is 2. The fourth-order valence-corrected chi connectivity index (χ4v) is 4.35. The molecule has 0 aromatic heterocycles. The summed E-state index contributed by atoms with van der Waals surface area (Å²) in [4.78, 5) is 0. The maximum Gasteiger partial charge on any atom is 0.231 e. The minimum absolute atomic E-state index is 0.210. The van der Waals surface area contributed by atoms with E-state index in [0.29, 0.717) is 75.9 Å². The standard InChI is InChI=1S/C28H28O9/c1-3-23-25(36-17-34-23)13-19(1)21-15-27-28(16-22(21)20-2-4-24-26(14-20)37-18-35-24)33-12-10-31-8-6-29-5-7-30-9-11-32-27/h1-4,13-16H,5-12,17-18H2. The molecule has 3 aliphatic heterocycles. The Labute approximate surface area is 214 Å². The van der Waals surface area contributed by atoms with Crippen LogP contribution in [0, 0.1) is 0 Å². The topological polar surface area (TPSA) is 83.1 Å². The zero-order valence-electron chi connectivity index (χ0n) is 20.4. The summed E-state index contributed by atoms with van der Waals surface area (Å²) in [7, 11) is 0. The Balaban J connectivity index is 1.40. The zero-order valence-corrected chi connectivity index (χ0v) is 20.4. The normalized spacial score (nSPS) is 17.6. The number of hydrogen-bond donors (Lipinski definition) is 0. The molecule has 37 heavy (non-hydrogen) atoms. The second-order valence-corrected chi connectivity index (χ2v) is 8.51. The van der Waals surface area contributed by atoms with Gasteiger partial charge in [-0.1, -0.05) is 12.1 Å². The summed E-state index contributed by atoms with van der Waals surface area (Å²) in [5.74, 6) is 4.09. The molecule has 0 amide bonds. The smallest absolute Gasteiger partial charge is 0.231 e. The number of ether oxygens (including phenoxy) is 9. The van der Waals surface area contributed by atoms with E-state index in [2.05, 4.69) is 0 Å². The van der Waals surface area contributed by atoms with E-state index in [1.165, 1.54) is 0 Å². The summed E-state index contributed by atoms with van der Waals surface area (Å²) in [6.07, 6.45) is 0. The van der Waals surface area contributed by atoms with Gasteiger partial charge < -0.3 is 42.6 Å². The molecule has 0 unspecified atom stereocenters. The van der Waals surface area contributed by atoms with Crippen molar-refractivity contribution >= 4 is 0 Å². The first-order chi connectivity index (χ1) is 18.3. The quantitative estimate of drug-likeness (QED) is 0.503. The van der Waals surface area contributed by atoms with E-state index in [4.69, 9.17) is 42.6 Å². The van der Waals surface area contributed by atoms with Crippen molar-refractivity contribution < 1.29 is 42.6 Å². The number of fused-ring (bicyclic) bond motifs is 3. The van der Waals surface area contributed by atoms with Gasteiger partial charge in [0.1, 0.15) is 13.2 Å². The summed E-state index contributed by atoms with van der Waals surface area (Å²) in [6, 6.07) is 15.8. The van der Waals surface area contributed by atoms with E-state index in [1.807, 2.05) is 48.5 Å². The molecule has 0 bridgehead atoms. The lowest BCUT2D eigenvalue weighted by molar-refractivity contribution is 0.00708. The molecule has 0 saturated carbocycles. The summed E-state index contributed by atoms with van der Waals surface area (Å²) < 4.78 is 51.4. The van der Waals surface area contributed by atoms with Gasteiger partial charge in [0.2, 0.25) is 13.6 Å². The molecule has 0 spiro atoms. The molecule has 0 N–H and O–H groups in total. The first-order valence-electron chi connectivity index (χ1n) is 12.3. The van der Waals surface area contributed by atoms with Crippen molar-refractivity contribution in [2.75, 3.05) is 66.4 Å². The lowest BCUT2D eigenvalue weighted by atomic mass is 9.93. The first kappa shape index (κ1) is 23.7. The highest BCUT2D eigenvalue weighted by molar-refractivity contribution is 5.87. The van der Waals surface area contributed by atoms with Gasteiger partial charge in [0.15, 0.2) is 34.5 Å². The Morgan fingerprint density at radius 2 is 0.730 bits per heavy atom. The fourth-order valence-electron chi connectivity index (χ4n) is 4.35. The van der Waals surface area contributed by atoms with Crippen molar-refractivity contribution in [2.24, 2.45) is 0 Å². The van der Waals surface area contributed by atoms with Crippen molar-refractivity contribution in [3.05, 3.63) is 48.5 Å². The van der Waals surface area contributed by atoms with Crippen molar-refractivity contribution in [1.82, 2.24) is 0 Å². The minimum atomic E-state index is 0.210. The molecule has 3 aromatic rings. The van der Waals surface area contributed by atoms with E-state index >= 15 is 0 Å². The number of hydrogen-bond acceptors (Lipinski definition) is 9. The second-order valence-electron chi connectivity index (χ2n) is 8.51. The molecule has 0 fully saturated rings. The van der Waals surface area contributed by atoms with Gasteiger partial charge in [-0.05, 0) is 58.7 Å². The molecule has 3 heterocycles. The van der Waals surface area contributed by atoms with Gasteiger partial charge in [-0.3, -0.25) is 0 Å². The van der Waals surface area contributed by atoms with E-state index in [-0.39, 0.29) is 13.6 Å². The van der Waals surface area contributed by atoms with Gasteiger partial charge >= 0.3 is 0 Å². The average molecular weight is 509 g/mol. The molecule has 0 saturated heterocycles. The van der Waals surface area contributed by atoms with Gasteiger partial charge in [0.25, 0.3) is 0 Å². The SMILES string of the molecule is c1cc2c(cc1-c1cc3c(cc1-c1ccc4c(c1)OCO4)OCCOCCOCCOCCO3)OCO2. The molecule has 9 nitrogen and oxygen atoms in total. The number of benzene rings is 3. The molecule has 0 radical (unpaired) electrons. The third-order valence-corrected chi connectivity index (χ3v) is 6.17. The predicted octanol–water partition coefficient (Wildman–Crippen LogP) is 4.30. The molecule has 3 aliphatic rings. The van der Waals surface area contributed by atoms with Crippen LogP contribution in [0.5, 0.6) is 34.5 Å². The molecular formula is C28H28O9. The lowest BCUT2D eigenvalue weighted by Crippen LogP contribution is -2.13. The van der Waals surface area contributed by atoms with Gasteiger partial charge in [-0.2, -0.15) is 0 Å². The predicted molar refractivity (Wildman–Crippen MR) is 133 cm³/mol. The Hall–Kier alpha value is -3.66. The highest BCUT2D eigenvalue weighted by Crippen LogP contribution is 2.45. The minimum Gasteiger partial charge on any atom is -0.487 e. The molecule has 6 rings (SSSR count). The monoisotopic (exact) mass is 508 g/mol. The van der Waals surface area contributed by atoms with Crippen LogP contribution in [0.1, 0.15) is 0 Å². The Kier molecular flexibility index (Phi) is 7.16. The van der Waals surface area contributed by atoms with Crippen LogP contribution in [0.25, 0.3) is 22.3 Å².